The molecular formula is C11H24BrNO2. The minimum absolute atomic E-state index is 0.194. The highest BCUT2D eigenvalue weighted by Crippen LogP contribution is 2.09. The molecule has 3 nitrogen and oxygen atoms in total. The average molecular weight is 282 g/mol. The fourth-order valence-corrected chi connectivity index (χ4v) is 2.18. The van der Waals surface area contributed by atoms with Crippen molar-refractivity contribution in [2.24, 2.45) is 0 Å². The van der Waals surface area contributed by atoms with Gasteiger partial charge in [0.15, 0.2) is 0 Å². The second-order valence-corrected chi connectivity index (χ2v) is 5.00. The van der Waals surface area contributed by atoms with Crippen LogP contribution in [0, 0.1) is 0 Å². The second kappa shape index (κ2) is 9.58. The van der Waals surface area contributed by atoms with Crippen molar-refractivity contribution < 1.29 is 9.47 Å². The minimum Gasteiger partial charge on any atom is -0.385 e. The van der Waals surface area contributed by atoms with E-state index < -0.39 is 0 Å². The number of rotatable bonds is 10. The zero-order valence-corrected chi connectivity index (χ0v) is 11.7. The molecule has 0 bridgehead atoms. The molecule has 92 valence electrons. The van der Waals surface area contributed by atoms with Crippen LogP contribution in [0.25, 0.3) is 0 Å². The van der Waals surface area contributed by atoms with E-state index in [1.165, 1.54) is 0 Å². The fraction of sp³-hybridized carbons (Fsp3) is 1.00. The Morgan fingerprint density at radius 3 is 2.53 bits per heavy atom. The standard InChI is InChI=1S/C11H24BrNO2/c1-11(2,5-6-12)13-7-10-15-9-4-8-14-3/h13H,4-10H2,1-3H3. The van der Waals surface area contributed by atoms with Crippen LogP contribution in [-0.2, 0) is 9.47 Å². The number of ether oxygens (including phenoxy) is 2. The highest BCUT2D eigenvalue weighted by Gasteiger charge is 2.14. The molecule has 4 heteroatoms. The van der Waals surface area contributed by atoms with Crippen LogP contribution in [-0.4, -0.2) is 44.3 Å². The van der Waals surface area contributed by atoms with Crippen LogP contribution < -0.4 is 5.32 Å². The molecule has 0 heterocycles. The molecule has 0 saturated heterocycles. The van der Waals surface area contributed by atoms with E-state index >= 15 is 0 Å². The number of hydrogen-bond donors (Lipinski definition) is 1. The monoisotopic (exact) mass is 281 g/mol. The summed E-state index contributed by atoms with van der Waals surface area (Å²) < 4.78 is 10.4. The zero-order chi connectivity index (χ0) is 11.6. The van der Waals surface area contributed by atoms with Gasteiger partial charge in [-0.25, -0.2) is 0 Å². The van der Waals surface area contributed by atoms with Crippen LogP contribution in [0.4, 0.5) is 0 Å². The summed E-state index contributed by atoms with van der Waals surface area (Å²) in [6.45, 7) is 7.66. The number of nitrogens with one attached hydrogen (secondary N) is 1. The van der Waals surface area contributed by atoms with Crippen molar-refractivity contribution in [2.45, 2.75) is 32.2 Å². The van der Waals surface area contributed by atoms with Gasteiger partial charge in [-0.3, -0.25) is 0 Å². The van der Waals surface area contributed by atoms with Gasteiger partial charge in [0.05, 0.1) is 6.61 Å². The third-order valence-electron chi connectivity index (χ3n) is 2.21. The lowest BCUT2D eigenvalue weighted by Crippen LogP contribution is -2.41. The van der Waals surface area contributed by atoms with E-state index in [1.807, 2.05) is 0 Å². The molecule has 0 fully saturated rings. The molecular weight excluding hydrogens is 258 g/mol. The van der Waals surface area contributed by atoms with Crippen LogP contribution in [0.5, 0.6) is 0 Å². The Morgan fingerprint density at radius 1 is 1.20 bits per heavy atom. The largest absolute Gasteiger partial charge is 0.385 e. The van der Waals surface area contributed by atoms with Gasteiger partial charge in [0.25, 0.3) is 0 Å². The van der Waals surface area contributed by atoms with Gasteiger partial charge in [-0.2, -0.15) is 0 Å². The van der Waals surface area contributed by atoms with Crippen molar-refractivity contribution in [1.82, 2.24) is 5.32 Å². The van der Waals surface area contributed by atoms with Gasteiger partial charge >= 0.3 is 0 Å². The first-order valence-electron chi connectivity index (χ1n) is 5.50. The van der Waals surface area contributed by atoms with Gasteiger partial charge in [0, 0.05) is 37.7 Å². The third kappa shape index (κ3) is 10.6. The van der Waals surface area contributed by atoms with Crippen molar-refractivity contribution in [3.8, 4) is 0 Å². The maximum atomic E-state index is 5.46. The molecule has 0 spiro atoms. The highest BCUT2D eigenvalue weighted by atomic mass is 79.9. The summed E-state index contributed by atoms with van der Waals surface area (Å²) in [5, 5.41) is 4.49. The quantitative estimate of drug-likeness (QED) is 0.492. The van der Waals surface area contributed by atoms with Crippen molar-refractivity contribution in [2.75, 3.05) is 38.8 Å². The predicted octanol–water partition coefficient (Wildman–Crippen LogP) is 2.19. The maximum absolute atomic E-state index is 5.46. The van der Waals surface area contributed by atoms with E-state index in [0.717, 1.165) is 44.5 Å². The van der Waals surface area contributed by atoms with E-state index in [-0.39, 0.29) is 5.54 Å². The maximum Gasteiger partial charge on any atom is 0.0591 e. The Balaban J connectivity index is 3.22. The summed E-state index contributed by atoms with van der Waals surface area (Å²) in [5.41, 5.74) is 0.194. The SMILES string of the molecule is COCCCOCCNC(C)(C)CCBr. The number of halogens is 1. The Hall–Kier alpha value is 0.360. The first-order valence-corrected chi connectivity index (χ1v) is 6.62. The van der Waals surface area contributed by atoms with Gasteiger partial charge in [-0.1, -0.05) is 15.9 Å². The molecule has 0 saturated carbocycles. The lowest BCUT2D eigenvalue weighted by atomic mass is 10.0. The summed E-state index contributed by atoms with van der Waals surface area (Å²) >= 11 is 3.45. The molecule has 0 radical (unpaired) electrons. The van der Waals surface area contributed by atoms with Gasteiger partial charge in [-0.05, 0) is 26.7 Å². The Labute approximate surface area is 102 Å². The lowest BCUT2D eigenvalue weighted by Gasteiger charge is -2.25. The van der Waals surface area contributed by atoms with E-state index in [2.05, 4.69) is 35.1 Å². The Bertz CT molecular complexity index is 143. The minimum atomic E-state index is 0.194. The van der Waals surface area contributed by atoms with Crippen LogP contribution in [0.1, 0.15) is 26.7 Å². The zero-order valence-electron chi connectivity index (χ0n) is 10.1. The fourth-order valence-electron chi connectivity index (χ4n) is 1.19. The van der Waals surface area contributed by atoms with Gasteiger partial charge in [0.2, 0.25) is 0 Å². The Kier molecular flexibility index (Phi) is 9.81. The van der Waals surface area contributed by atoms with E-state index in [1.54, 1.807) is 7.11 Å². The molecule has 0 aromatic heterocycles. The van der Waals surface area contributed by atoms with Gasteiger partial charge in [-0.15, -0.1) is 0 Å². The molecule has 0 aliphatic heterocycles. The van der Waals surface area contributed by atoms with Gasteiger partial charge < -0.3 is 14.8 Å². The van der Waals surface area contributed by atoms with Gasteiger partial charge in [0.1, 0.15) is 0 Å². The van der Waals surface area contributed by atoms with E-state index in [0.29, 0.717) is 0 Å². The first-order chi connectivity index (χ1) is 7.12. The normalized spacial score (nSPS) is 12.0. The summed E-state index contributed by atoms with van der Waals surface area (Å²) in [5.74, 6) is 0. The van der Waals surface area contributed by atoms with Crippen molar-refractivity contribution in [3.05, 3.63) is 0 Å². The summed E-state index contributed by atoms with van der Waals surface area (Å²) in [7, 11) is 1.71. The first kappa shape index (κ1) is 15.4. The smallest absolute Gasteiger partial charge is 0.0591 e. The second-order valence-electron chi connectivity index (χ2n) is 4.21. The highest BCUT2D eigenvalue weighted by molar-refractivity contribution is 9.09. The molecule has 1 N–H and O–H groups in total. The summed E-state index contributed by atoms with van der Waals surface area (Å²) in [6.07, 6.45) is 2.10. The third-order valence-corrected chi connectivity index (χ3v) is 2.60. The van der Waals surface area contributed by atoms with Crippen molar-refractivity contribution >= 4 is 15.9 Å². The van der Waals surface area contributed by atoms with Crippen LogP contribution >= 0.6 is 15.9 Å². The molecule has 0 amide bonds. The Morgan fingerprint density at radius 2 is 1.93 bits per heavy atom. The van der Waals surface area contributed by atoms with E-state index in [4.69, 9.17) is 9.47 Å². The molecule has 0 aliphatic rings. The molecule has 0 atom stereocenters. The van der Waals surface area contributed by atoms with Crippen LogP contribution in [0.3, 0.4) is 0 Å². The topological polar surface area (TPSA) is 30.5 Å². The molecule has 0 rings (SSSR count). The number of hydrogen-bond acceptors (Lipinski definition) is 3. The predicted molar refractivity (Wildman–Crippen MR) is 67.8 cm³/mol. The molecule has 15 heavy (non-hydrogen) atoms. The molecule has 0 aromatic rings. The molecule has 0 aliphatic carbocycles. The average Bonchev–Trinajstić information content (AvgIpc) is 2.16. The summed E-state index contributed by atoms with van der Waals surface area (Å²) in [6, 6.07) is 0. The molecule has 0 aromatic carbocycles. The number of alkyl halides is 1. The van der Waals surface area contributed by atoms with Crippen molar-refractivity contribution in [3.63, 3.8) is 0 Å². The summed E-state index contributed by atoms with van der Waals surface area (Å²) in [4.78, 5) is 0. The van der Waals surface area contributed by atoms with Crippen LogP contribution in [0.2, 0.25) is 0 Å². The van der Waals surface area contributed by atoms with Crippen LogP contribution in [0.15, 0.2) is 0 Å². The van der Waals surface area contributed by atoms with Crippen molar-refractivity contribution in [1.29, 1.82) is 0 Å². The number of methoxy groups -OCH3 is 1. The van der Waals surface area contributed by atoms with E-state index in [9.17, 15) is 0 Å². The molecule has 0 unspecified atom stereocenters. The lowest BCUT2D eigenvalue weighted by molar-refractivity contribution is 0.101.